The Balaban J connectivity index is 1.40. The number of likely N-dealkylation sites (N-methyl/N-ethyl adjacent to an activating group) is 1. The van der Waals surface area contributed by atoms with Gasteiger partial charge in [-0.2, -0.15) is 0 Å². The van der Waals surface area contributed by atoms with E-state index in [1.54, 1.807) is 7.05 Å². The summed E-state index contributed by atoms with van der Waals surface area (Å²) >= 11 is 0. The van der Waals surface area contributed by atoms with Crippen LogP contribution in [0.3, 0.4) is 0 Å². The number of hydrogen-bond acceptors (Lipinski definition) is 5. The number of ether oxygens (including phenoxy) is 1. The first-order valence-electron chi connectivity index (χ1n) is 10.3. The van der Waals surface area contributed by atoms with Gasteiger partial charge in [0.2, 0.25) is 17.7 Å². The molecule has 3 amide bonds. The third-order valence-corrected chi connectivity index (χ3v) is 5.47. The number of nitrogens with one attached hydrogen (secondary N) is 2. The lowest BCUT2D eigenvalue weighted by molar-refractivity contribution is -0.134. The number of carbonyl (C=O) groups is 3. The molecule has 0 spiro atoms. The van der Waals surface area contributed by atoms with Gasteiger partial charge in [0, 0.05) is 37.4 Å². The molecule has 0 unspecified atom stereocenters. The van der Waals surface area contributed by atoms with Crippen LogP contribution >= 0.6 is 0 Å². The molecule has 0 radical (unpaired) electrons. The van der Waals surface area contributed by atoms with Crippen molar-refractivity contribution in [3.8, 4) is 0 Å². The number of morpholine rings is 1. The Morgan fingerprint density at radius 3 is 2.41 bits per heavy atom. The zero-order valence-electron chi connectivity index (χ0n) is 17.0. The highest BCUT2D eigenvalue weighted by Crippen LogP contribution is 2.24. The van der Waals surface area contributed by atoms with Crippen LogP contribution in [0.25, 0.3) is 0 Å². The quantitative estimate of drug-likeness (QED) is 0.716. The summed E-state index contributed by atoms with van der Waals surface area (Å²) in [6, 6.07) is 7.64. The molecule has 1 aromatic rings. The summed E-state index contributed by atoms with van der Waals surface area (Å²) in [5.74, 6) is -0.595. The van der Waals surface area contributed by atoms with Gasteiger partial charge in [-0.15, -0.1) is 0 Å². The van der Waals surface area contributed by atoms with E-state index in [0.29, 0.717) is 5.69 Å². The molecule has 8 nitrogen and oxygen atoms in total. The summed E-state index contributed by atoms with van der Waals surface area (Å²) in [5.41, 5.74) is 1.78. The first-order valence-corrected chi connectivity index (χ1v) is 10.3. The summed E-state index contributed by atoms with van der Waals surface area (Å²) in [4.78, 5) is 40.0. The molecule has 1 heterocycles. The van der Waals surface area contributed by atoms with E-state index in [-0.39, 0.29) is 36.7 Å². The lowest BCUT2D eigenvalue weighted by atomic mass is 10.1. The summed E-state index contributed by atoms with van der Waals surface area (Å²) in [6.07, 6.45) is 3.92. The molecule has 1 aliphatic carbocycles. The average molecular weight is 402 g/mol. The van der Waals surface area contributed by atoms with E-state index in [9.17, 15) is 14.4 Å². The molecule has 1 aromatic carbocycles. The number of nitrogens with zero attached hydrogens (tertiary/aromatic N) is 2. The molecule has 0 aromatic heterocycles. The van der Waals surface area contributed by atoms with Crippen molar-refractivity contribution in [1.29, 1.82) is 0 Å². The van der Waals surface area contributed by atoms with Crippen molar-refractivity contribution in [2.75, 3.05) is 56.7 Å². The maximum absolute atomic E-state index is 12.2. The molecular weight excluding hydrogens is 372 g/mol. The van der Waals surface area contributed by atoms with Crippen LogP contribution in [0.2, 0.25) is 0 Å². The van der Waals surface area contributed by atoms with Crippen LogP contribution in [-0.4, -0.2) is 69.1 Å². The van der Waals surface area contributed by atoms with E-state index in [2.05, 4.69) is 15.5 Å². The summed E-state index contributed by atoms with van der Waals surface area (Å²) in [6.45, 7) is 3.02. The number of amides is 3. The van der Waals surface area contributed by atoms with E-state index in [1.165, 1.54) is 4.90 Å². The highest BCUT2D eigenvalue weighted by atomic mass is 16.5. The molecular formula is C21H30N4O4. The second-order valence-electron chi connectivity index (χ2n) is 7.64. The summed E-state index contributed by atoms with van der Waals surface area (Å²) < 4.78 is 5.36. The Morgan fingerprint density at radius 2 is 1.76 bits per heavy atom. The number of benzene rings is 1. The van der Waals surface area contributed by atoms with Crippen molar-refractivity contribution in [1.82, 2.24) is 10.2 Å². The van der Waals surface area contributed by atoms with Crippen LogP contribution in [0.15, 0.2) is 24.3 Å². The minimum absolute atomic E-state index is 0.0249. The molecule has 3 rings (SSSR count). The third kappa shape index (κ3) is 6.19. The SMILES string of the molecule is CN(CC(=O)Nc1ccc(N2CCOCC2)cc1)C(=O)CNC(=O)C1CCCC1. The normalized spacial score (nSPS) is 17.1. The van der Waals surface area contributed by atoms with Crippen LogP contribution in [-0.2, 0) is 19.1 Å². The fourth-order valence-corrected chi connectivity index (χ4v) is 3.71. The maximum Gasteiger partial charge on any atom is 0.243 e. The predicted molar refractivity (Wildman–Crippen MR) is 111 cm³/mol. The Morgan fingerprint density at radius 1 is 1.10 bits per heavy atom. The minimum Gasteiger partial charge on any atom is -0.378 e. The van der Waals surface area contributed by atoms with Gasteiger partial charge in [-0.1, -0.05) is 12.8 Å². The fourth-order valence-electron chi connectivity index (χ4n) is 3.71. The van der Waals surface area contributed by atoms with Crippen LogP contribution in [0.5, 0.6) is 0 Å². The molecule has 29 heavy (non-hydrogen) atoms. The van der Waals surface area contributed by atoms with Gasteiger partial charge in [-0.05, 0) is 37.1 Å². The van der Waals surface area contributed by atoms with Crippen molar-refractivity contribution < 1.29 is 19.1 Å². The van der Waals surface area contributed by atoms with Gasteiger partial charge in [-0.25, -0.2) is 0 Å². The number of carbonyl (C=O) groups excluding carboxylic acids is 3. The van der Waals surface area contributed by atoms with Crippen LogP contribution in [0, 0.1) is 5.92 Å². The Hall–Kier alpha value is -2.61. The minimum atomic E-state index is -0.283. The summed E-state index contributed by atoms with van der Waals surface area (Å²) in [7, 11) is 1.56. The highest BCUT2D eigenvalue weighted by molar-refractivity contribution is 5.95. The van der Waals surface area contributed by atoms with Crippen LogP contribution in [0.1, 0.15) is 25.7 Å². The zero-order valence-corrected chi connectivity index (χ0v) is 17.0. The number of anilines is 2. The van der Waals surface area contributed by atoms with Crippen molar-refractivity contribution in [2.45, 2.75) is 25.7 Å². The van der Waals surface area contributed by atoms with E-state index in [4.69, 9.17) is 4.74 Å². The molecule has 2 aliphatic rings. The van der Waals surface area contributed by atoms with Crippen LogP contribution < -0.4 is 15.5 Å². The standard InChI is InChI=1S/C21H30N4O4/c1-24(20(27)14-22-21(28)16-4-2-3-5-16)15-19(26)23-17-6-8-18(9-7-17)25-10-12-29-13-11-25/h6-9,16H,2-5,10-15H2,1H3,(H,22,28)(H,23,26). The van der Waals surface area contributed by atoms with Gasteiger partial charge in [0.05, 0.1) is 26.3 Å². The average Bonchev–Trinajstić information content (AvgIpc) is 3.28. The lowest BCUT2D eigenvalue weighted by Crippen LogP contribution is -2.42. The Labute approximate surface area is 171 Å². The highest BCUT2D eigenvalue weighted by Gasteiger charge is 2.23. The third-order valence-electron chi connectivity index (χ3n) is 5.47. The molecule has 8 heteroatoms. The second kappa shape index (κ2) is 10.2. The molecule has 0 bridgehead atoms. The lowest BCUT2D eigenvalue weighted by Gasteiger charge is -2.28. The molecule has 158 valence electrons. The maximum atomic E-state index is 12.2. The van der Waals surface area contributed by atoms with Crippen LogP contribution in [0.4, 0.5) is 11.4 Å². The second-order valence-corrected chi connectivity index (χ2v) is 7.64. The largest absolute Gasteiger partial charge is 0.378 e. The Kier molecular flexibility index (Phi) is 7.46. The van der Waals surface area contributed by atoms with E-state index in [0.717, 1.165) is 57.7 Å². The van der Waals surface area contributed by atoms with E-state index >= 15 is 0 Å². The smallest absolute Gasteiger partial charge is 0.243 e. The van der Waals surface area contributed by atoms with Crippen molar-refractivity contribution in [3.63, 3.8) is 0 Å². The van der Waals surface area contributed by atoms with Gasteiger partial charge < -0.3 is 25.2 Å². The van der Waals surface area contributed by atoms with Gasteiger partial charge in [0.15, 0.2) is 0 Å². The molecule has 2 N–H and O–H groups in total. The van der Waals surface area contributed by atoms with E-state index in [1.807, 2.05) is 24.3 Å². The van der Waals surface area contributed by atoms with Crippen molar-refractivity contribution >= 4 is 29.1 Å². The first kappa shape index (κ1) is 21.1. The van der Waals surface area contributed by atoms with Gasteiger partial charge in [0.1, 0.15) is 0 Å². The van der Waals surface area contributed by atoms with Crippen molar-refractivity contribution in [3.05, 3.63) is 24.3 Å². The molecule has 1 saturated carbocycles. The Bertz CT molecular complexity index is 710. The molecule has 1 saturated heterocycles. The topological polar surface area (TPSA) is 91.0 Å². The zero-order chi connectivity index (χ0) is 20.6. The van der Waals surface area contributed by atoms with Gasteiger partial charge >= 0.3 is 0 Å². The molecule has 0 atom stereocenters. The van der Waals surface area contributed by atoms with Crippen molar-refractivity contribution in [2.24, 2.45) is 5.92 Å². The van der Waals surface area contributed by atoms with Gasteiger partial charge in [-0.3, -0.25) is 14.4 Å². The number of hydrogen-bond donors (Lipinski definition) is 2. The predicted octanol–water partition coefficient (Wildman–Crippen LogP) is 1.23. The first-order chi connectivity index (χ1) is 14.0. The van der Waals surface area contributed by atoms with E-state index < -0.39 is 0 Å². The monoisotopic (exact) mass is 402 g/mol. The molecule has 2 fully saturated rings. The number of rotatable bonds is 7. The summed E-state index contributed by atoms with van der Waals surface area (Å²) in [5, 5.41) is 5.49. The van der Waals surface area contributed by atoms with Gasteiger partial charge in [0.25, 0.3) is 0 Å². The fraction of sp³-hybridized carbons (Fsp3) is 0.571. The molecule has 1 aliphatic heterocycles.